The highest BCUT2D eigenvalue weighted by molar-refractivity contribution is 7.75. The van der Waals surface area contributed by atoms with Gasteiger partial charge in [0.25, 0.3) is 0 Å². The zero-order valence-corrected chi connectivity index (χ0v) is 27.5. The van der Waals surface area contributed by atoms with E-state index in [4.69, 9.17) is 0 Å². The van der Waals surface area contributed by atoms with Crippen molar-refractivity contribution in [1.82, 2.24) is 0 Å². The summed E-state index contributed by atoms with van der Waals surface area (Å²) >= 11 is 0. The molecule has 0 heterocycles. The first kappa shape index (κ1) is 35.7. The van der Waals surface area contributed by atoms with Gasteiger partial charge in [-0.25, -0.2) is 0 Å². The van der Waals surface area contributed by atoms with Gasteiger partial charge in [-0.1, -0.05) is 167 Å². The van der Waals surface area contributed by atoms with E-state index < -0.39 is 7.26 Å². The molecule has 0 aliphatic heterocycles. The highest BCUT2D eigenvalue weighted by atomic mass is 31.2. The first-order chi connectivity index (χ1) is 18.8. The average Bonchev–Trinajstić information content (AvgIpc) is 2.93. The molecule has 38 heavy (non-hydrogen) atoms. The molecule has 0 atom stereocenters. The molecule has 0 amide bonds. The summed E-state index contributed by atoms with van der Waals surface area (Å²) in [6, 6.07) is 11.6. The molecule has 0 radical (unpaired) electrons. The Balaban J connectivity index is 2.63. The molecule has 0 N–H and O–H groups in total. The molecule has 0 saturated carbocycles. The Morgan fingerprint density at radius 1 is 0.368 bits per heavy atom. The van der Waals surface area contributed by atoms with Crippen molar-refractivity contribution in [3.05, 3.63) is 35.9 Å². The summed E-state index contributed by atoms with van der Waals surface area (Å²) in [7, 11) is -0.917. The molecule has 222 valence electrons. The highest BCUT2D eigenvalue weighted by Gasteiger charge is 2.35. The highest BCUT2D eigenvalue weighted by Crippen LogP contribution is 2.63. The molecule has 0 aromatic heterocycles. The van der Waals surface area contributed by atoms with Crippen LogP contribution in [0.2, 0.25) is 0 Å². The molecule has 0 bridgehead atoms. The van der Waals surface area contributed by atoms with Crippen molar-refractivity contribution in [3.63, 3.8) is 0 Å². The molecule has 0 saturated heterocycles. The number of benzene rings is 1. The van der Waals surface area contributed by atoms with Crippen molar-refractivity contribution in [1.29, 1.82) is 0 Å². The fourth-order valence-corrected chi connectivity index (χ4v) is 11.1. The summed E-state index contributed by atoms with van der Waals surface area (Å²) in [6.45, 7) is 6.98. The zero-order chi connectivity index (χ0) is 27.4. The quantitative estimate of drug-likeness (QED) is 0.0693. The number of rotatable bonds is 29. The minimum atomic E-state index is -0.917. The second-order valence-electron chi connectivity index (χ2n) is 12.6. The largest absolute Gasteiger partial charge is 0.0842 e. The van der Waals surface area contributed by atoms with Gasteiger partial charge in [-0.2, -0.15) is 0 Å². The van der Waals surface area contributed by atoms with Crippen LogP contribution in [0.4, 0.5) is 0 Å². The summed E-state index contributed by atoms with van der Waals surface area (Å²) in [5.74, 6) is 0. The van der Waals surface area contributed by atoms with Crippen molar-refractivity contribution in [3.8, 4) is 0 Å². The van der Waals surface area contributed by atoms with E-state index in [1.165, 1.54) is 160 Å². The van der Waals surface area contributed by atoms with Crippen LogP contribution in [0.1, 0.15) is 180 Å². The van der Waals surface area contributed by atoms with Crippen LogP contribution in [0, 0.1) is 0 Å². The van der Waals surface area contributed by atoms with Gasteiger partial charge >= 0.3 is 0 Å². The van der Waals surface area contributed by atoms with Crippen molar-refractivity contribution < 1.29 is 0 Å². The SMILES string of the molecule is CCCCCCCCCC[P+](CCCCCCCCCC)(CCCCCCCCCC)Cc1ccccc1. The maximum Gasteiger partial charge on any atom is 0.0842 e. The van der Waals surface area contributed by atoms with Gasteiger partial charge in [-0.15, -0.1) is 0 Å². The van der Waals surface area contributed by atoms with E-state index in [1.54, 1.807) is 24.0 Å². The van der Waals surface area contributed by atoms with Gasteiger partial charge in [0.05, 0.1) is 24.6 Å². The fourth-order valence-electron chi connectivity index (χ4n) is 6.29. The lowest BCUT2D eigenvalue weighted by molar-refractivity contribution is 0.580. The normalized spacial score (nSPS) is 11.9. The van der Waals surface area contributed by atoms with Crippen LogP contribution in [-0.4, -0.2) is 18.5 Å². The Bertz CT molecular complexity index is 529. The summed E-state index contributed by atoms with van der Waals surface area (Å²) in [5, 5.41) is 0. The van der Waals surface area contributed by atoms with Gasteiger partial charge < -0.3 is 0 Å². The van der Waals surface area contributed by atoms with Gasteiger partial charge in [-0.05, 0) is 44.1 Å². The van der Waals surface area contributed by atoms with Gasteiger partial charge in [0, 0.05) is 7.26 Å². The molecule has 0 spiro atoms. The second kappa shape index (κ2) is 26.9. The Kier molecular flexibility index (Phi) is 25.2. The van der Waals surface area contributed by atoms with E-state index in [0.29, 0.717) is 0 Å². The number of unbranched alkanes of at least 4 members (excludes halogenated alkanes) is 21. The molecular weight excluding hydrogens is 475 g/mol. The minimum Gasteiger partial charge on any atom is -0.0654 e. The summed E-state index contributed by atoms with van der Waals surface area (Å²) in [5.41, 5.74) is 1.64. The molecule has 1 heteroatoms. The minimum absolute atomic E-state index is 0.917. The standard InChI is InChI=1S/C37H70P/c1-4-7-10-13-16-19-22-28-33-38(36-37-31-26-25-27-32-37,34-29-23-20-17-14-11-8-5-2)35-30-24-21-18-15-12-9-6-3/h25-27,31-32H,4-24,28-30,33-36H2,1-3H3/q+1. The first-order valence-electron chi connectivity index (χ1n) is 17.7. The van der Waals surface area contributed by atoms with Crippen LogP contribution in [0.15, 0.2) is 30.3 Å². The average molecular weight is 546 g/mol. The molecule has 1 aromatic carbocycles. The van der Waals surface area contributed by atoms with Crippen molar-refractivity contribution in [2.45, 2.75) is 181 Å². The predicted molar refractivity (Wildman–Crippen MR) is 179 cm³/mol. The Labute approximate surface area is 242 Å². The third-order valence-corrected chi connectivity index (χ3v) is 13.6. The lowest BCUT2D eigenvalue weighted by atomic mass is 10.1. The van der Waals surface area contributed by atoms with Crippen LogP contribution in [-0.2, 0) is 6.16 Å². The lowest BCUT2D eigenvalue weighted by Gasteiger charge is -2.28. The van der Waals surface area contributed by atoms with Crippen LogP contribution >= 0.6 is 7.26 Å². The molecule has 0 aliphatic rings. The van der Waals surface area contributed by atoms with Crippen molar-refractivity contribution in [2.24, 2.45) is 0 Å². The fraction of sp³-hybridized carbons (Fsp3) is 0.838. The molecule has 0 fully saturated rings. The number of hydrogen-bond donors (Lipinski definition) is 0. The maximum atomic E-state index is 2.43. The third-order valence-electron chi connectivity index (χ3n) is 8.82. The van der Waals surface area contributed by atoms with E-state index in [9.17, 15) is 0 Å². The van der Waals surface area contributed by atoms with Crippen LogP contribution in [0.25, 0.3) is 0 Å². The Morgan fingerprint density at radius 3 is 0.974 bits per heavy atom. The van der Waals surface area contributed by atoms with E-state index in [0.717, 1.165) is 0 Å². The van der Waals surface area contributed by atoms with Crippen molar-refractivity contribution >= 4 is 7.26 Å². The number of hydrogen-bond acceptors (Lipinski definition) is 0. The van der Waals surface area contributed by atoms with Crippen LogP contribution in [0.3, 0.4) is 0 Å². The predicted octanol–water partition coefficient (Wildman–Crippen LogP) is 13.6. The summed E-state index contributed by atoms with van der Waals surface area (Å²) in [4.78, 5) is 0. The van der Waals surface area contributed by atoms with Crippen LogP contribution < -0.4 is 0 Å². The third kappa shape index (κ3) is 20.5. The van der Waals surface area contributed by atoms with E-state index in [2.05, 4.69) is 51.1 Å². The van der Waals surface area contributed by atoms with Crippen LogP contribution in [0.5, 0.6) is 0 Å². The molecule has 0 aliphatic carbocycles. The van der Waals surface area contributed by atoms with Gasteiger partial charge in [0.1, 0.15) is 0 Å². The molecule has 0 nitrogen and oxygen atoms in total. The van der Waals surface area contributed by atoms with Gasteiger partial charge in [0.2, 0.25) is 0 Å². The van der Waals surface area contributed by atoms with E-state index >= 15 is 0 Å². The summed E-state index contributed by atoms with van der Waals surface area (Å²) in [6.07, 6.45) is 41.1. The maximum absolute atomic E-state index is 2.43. The Morgan fingerprint density at radius 2 is 0.658 bits per heavy atom. The van der Waals surface area contributed by atoms with E-state index in [-0.39, 0.29) is 0 Å². The second-order valence-corrected chi connectivity index (χ2v) is 16.9. The molecule has 0 unspecified atom stereocenters. The van der Waals surface area contributed by atoms with Crippen molar-refractivity contribution in [2.75, 3.05) is 18.5 Å². The Hall–Kier alpha value is -0.350. The summed E-state index contributed by atoms with van der Waals surface area (Å²) < 4.78 is 0. The monoisotopic (exact) mass is 546 g/mol. The van der Waals surface area contributed by atoms with Gasteiger partial charge in [-0.3, -0.25) is 0 Å². The van der Waals surface area contributed by atoms with Gasteiger partial charge in [0.15, 0.2) is 0 Å². The smallest absolute Gasteiger partial charge is 0.0654 e. The molecular formula is C37H70P+. The molecule has 1 rings (SSSR count). The lowest BCUT2D eigenvalue weighted by Crippen LogP contribution is -2.12. The van der Waals surface area contributed by atoms with E-state index in [1.807, 2.05) is 0 Å². The first-order valence-corrected chi connectivity index (χ1v) is 20.2. The topological polar surface area (TPSA) is 0 Å². The molecule has 1 aromatic rings. The zero-order valence-electron chi connectivity index (χ0n) is 26.6.